The Morgan fingerprint density at radius 3 is 2.52 bits per heavy atom. The Bertz CT molecular complexity index is 742. The van der Waals surface area contributed by atoms with E-state index in [2.05, 4.69) is 5.32 Å². The Labute approximate surface area is 133 Å². The lowest BCUT2D eigenvalue weighted by Gasteiger charge is -2.08. The van der Waals surface area contributed by atoms with Gasteiger partial charge in [0.15, 0.2) is 0 Å². The number of hydrogen-bond acceptors (Lipinski definition) is 4. The fourth-order valence-electron chi connectivity index (χ4n) is 1.59. The lowest BCUT2D eigenvalue weighted by Crippen LogP contribution is -2.21. The molecule has 0 aliphatic heterocycles. The normalized spacial score (nSPS) is 11.9. The van der Waals surface area contributed by atoms with Crippen molar-refractivity contribution in [3.05, 3.63) is 46.1 Å². The van der Waals surface area contributed by atoms with Crippen molar-refractivity contribution >= 4 is 38.9 Å². The van der Waals surface area contributed by atoms with E-state index in [0.717, 1.165) is 4.31 Å². The third-order valence-corrected chi connectivity index (χ3v) is 4.99. The van der Waals surface area contributed by atoms with Gasteiger partial charge in [-0.2, -0.15) is 0 Å². The molecule has 1 aromatic carbocycles. The zero-order valence-electron chi connectivity index (χ0n) is 11.4. The lowest BCUT2D eigenvalue weighted by atomic mass is 10.3. The number of hydrogen-bond donors (Lipinski definition) is 1. The first-order valence-electron chi connectivity index (χ1n) is 6.01. The third kappa shape index (κ3) is 3.71. The second-order valence-electron chi connectivity index (χ2n) is 4.49. The van der Waals surface area contributed by atoms with E-state index in [9.17, 15) is 8.42 Å². The molecule has 0 aliphatic carbocycles. The lowest BCUT2D eigenvalue weighted by molar-refractivity contribution is 0.402. The Hall–Kier alpha value is -1.21. The Morgan fingerprint density at radius 1 is 1.19 bits per heavy atom. The summed E-state index contributed by atoms with van der Waals surface area (Å²) in [7, 11) is -0.662. The number of nitrogens with zero attached hydrogens (tertiary/aromatic N) is 1. The van der Waals surface area contributed by atoms with Gasteiger partial charge in [0, 0.05) is 19.1 Å². The minimum atomic E-state index is -3.56. The average Bonchev–Trinajstić information content (AvgIpc) is 2.87. The molecule has 0 saturated carbocycles. The first kappa shape index (κ1) is 16.2. The standard InChI is InChI=1S/C13H14Cl2N2O3S/c1-17(2)21(18,19)13-6-4-10(20-13)8-16-12-5-3-9(14)7-11(12)15/h3-7,16H,8H2,1-2H3. The van der Waals surface area contributed by atoms with Crippen LogP contribution < -0.4 is 5.32 Å². The molecule has 2 rings (SSSR count). The zero-order chi connectivity index (χ0) is 15.6. The van der Waals surface area contributed by atoms with Gasteiger partial charge in [-0.15, -0.1) is 0 Å². The Balaban J connectivity index is 2.10. The van der Waals surface area contributed by atoms with Crippen LogP contribution in [0.4, 0.5) is 5.69 Å². The summed E-state index contributed by atoms with van der Waals surface area (Å²) in [4.78, 5) is 0. The van der Waals surface area contributed by atoms with Gasteiger partial charge in [-0.05, 0) is 30.3 Å². The maximum Gasteiger partial charge on any atom is 0.275 e. The van der Waals surface area contributed by atoms with Gasteiger partial charge >= 0.3 is 0 Å². The molecule has 8 heteroatoms. The molecule has 0 atom stereocenters. The Morgan fingerprint density at radius 2 is 1.90 bits per heavy atom. The van der Waals surface area contributed by atoms with Crippen LogP contribution in [-0.2, 0) is 16.6 Å². The van der Waals surface area contributed by atoms with E-state index in [0.29, 0.717) is 28.0 Å². The summed E-state index contributed by atoms with van der Waals surface area (Å²) in [5, 5.41) is 3.99. The molecule has 0 amide bonds. The van der Waals surface area contributed by atoms with Gasteiger partial charge in [-0.25, -0.2) is 12.7 Å². The van der Waals surface area contributed by atoms with E-state index in [4.69, 9.17) is 27.6 Å². The topological polar surface area (TPSA) is 62.6 Å². The molecule has 5 nitrogen and oxygen atoms in total. The van der Waals surface area contributed by atoms with Crippen LogP contribution in [0.3, 0.4) is 0 Å². The minimum absolute atomic E-state index is 0.0912. The quantitative estimate of drug-likeness (QED) is 0.898. The molecule has 0 aliphatic rings. The highest BCUT2D eigenvalue weighted by Crippen LogP contribution is 2.26. The summed E-state index contributed by atoms with van der Waals surface area (Å²) in [5.41, 5.74) is 0.689. The highest BCUT2D eigenvalue weighted by molar-refractivity contribution is 7.88. The summed E-state index contributed by atoms with van der Waals surface area (Å²) in [5.74, 6) is 0.487. The number of furan rings is 1. The van der Waals surface area contributed by atoms with Crippen molar-refractivity contribution in [2.75, 3.05) is 19.4 Å². The molecule has 0 unspecified atom stereocenters. The summed E-state index contributed by atoms with van der Waals surface area (Å²) in [6.45, 7) is 0.310. The molecule has 1 aromatic heterocycles. The van der Waals surface area contributed by atoms with Crippen molar-refractivity contribution in [2.45, 2.75) is 11.6 Å². The number of sulfonamides is 1. The van der Waals surface area contributed by atoms with Gasteiger partial charge in [0.2, 0.25) is 5.09 Å². The molecule has 0 radical (unpaired) electrons. The van der Waals surface area contributed by atoms with E-state index >= 15 is 0 Å². The van der Waals surface area contributed by atoms with E-state index in [-0.39, 0.29) is 5.09 Å². The van der Waals surface area contributed by atoms with Crippen LogP contribution >= 0.6 is 23.2 Å². The van der Waals surface area contributed by atoms with Crippen LogP contribution in [-0.4, -0.2) is 26.8 Å². The third-order valence-electron chi connectivity index (χ3n) is 2.76. The van der Waals surface area contributed by atoms with Gasteiger partial charge in [0.25, 0.3) is 10.0 Å². The van der Waals surface area contributed by atoms with E-state index in [1.54, 1.807) is 24.3 Å². The van der Waals surface area contributed by atoms with Crippen molar-refractivity contribution in [3.63, 3.8) is 0 Å². The SMILES string of the molecule is CN(C)S(=O)(=O)c1ccc(CNc2ccc(Cl)cc2Cl)o1. The summed E-state index contributed by atoms with van der Waals surface area (Å²) >= 11 is 11.9. The molecule has 114 valence electrons. The summed E-state index contributed by atoms with van der Waals surface area (Å²) in [6, 6.07) is 8.10. The average molecular weight is 349 g/mol. The predicted octanol–water partition coefficient (Wildman–Crippen LogP) is 3.45. The van der Waals surface area contributed by atoms with Crippen LogP contribution in [0.25, 0.3) is 0 Å². The molecular weight excluding hydrogens is 335 g/mol. The maximum atomic E-state index is 11.9. The van der Waals surface area contributed by atoms with Crippen molar-refractivity contribution in [1.29, 1.82) is 0 Å². The number of anilines is 1. The van der Waals surface area contributed by atoms with E-state index < -0.39 is 10.0 Å². The maximum absolute atomic E-state index is 11.9. The minimum Gasteiger partial charge on any atom is -0.446 e. The highest BCUT2D eigenvalue weighted by Gasteiger charge is 2.21. The van der Waals surface area contributed by atoms with Crippen LogP contribution in [0.5, 0.6) is 0 Å². The van der Waals surface area contributed by atoms with Crippen LogP contribution in [0.1, 0.15) is 5.76 Å². The van der Waals surface area contributed by atoms with Crippen LogP contribution in [0.15, 0.2) is 39.8 Å². The fraction of sp³-hybridized carbons (Fsp3) is 0.231. The van der Waals surface area contributed by atoms with Crippen molar-refractivity contribution in [1.82, 2.24) is 4.31 Å². The molecular formula is C13H14Cl2N2O3S. The van der Waals surface area contributed by atoms with Crippen molar-refractivity contribution in [3.8, 4) is 0 Å². The second-order valence-corrected chi connectivity index (χ2v) is 7.41. The van der Waals surface area contributed by atoms with E-state index in [1.165, 1.54) is 20.2 Å². The highest BCUT2D eigenvalue weighted by atomic mass is 35.5. The number of rotatable bonds is 5. The molecule has 2 aromatic rings. The fourth-order valence-corrected chi connectivity index (χ4v) is 2.87. The smallest absolute Gasteiger partial charge is 0.275 e. The largest absolute Gasteiger partial charge is 0.446 e. The number of halogens is 2. The van der Waals surface area contributed by atoms with Gasteiger partial charge in [-0.1, -0.05) is 23.2 Å². The molecule has 0 bridgehead atoms. The van der Waals surface area contributed by atoms with Crippen LogP contribution in [0.2, 0.25) is 10.0 Å². The molecule has 0 saturated heterocycles. The van der Waals surface area contributed by atoms with Crippen molar-refractivity contribution in [2.24, 2.45) is 0 Å². The van der Waals surface area contributed by atoms with Gasteiger partial charge in [0.05, 0.1) is 17.3 Å². The number of benzene rings is 1. The van der Waals surface area contributed by atoms with Gasteiger partial charge in [-0.3, -0.25) is 0 Å². The summed E-state index contributed by atoms with van der Waals surface area (Å²) < 4.78 is 30.2. The Kier molecular flexibility index (Phi) is 4.83. The van der Waals surface area contributed by atoms with Crippen molar-refractivity contribution < 1.29 is 12.8 Å². The first-order valence-corrected chi connectivity index (χ1v) is 8.20. The monoisotopic (exact) mass is 348 g/mol. The molecule has 1 N–H and O–H groups in total. The number of nitrogens with one attached hydrogen (secondary N) is 1. The predicted molar refractivity (Wildman–Crippen MR) is 83.4 cm³/mol. The van der Waals surface area contributed by atoms with E-state index in [1.807, 2.05) is 0 Å². The molecule has 21 heavy (non-hydrogen) atoms. The van der Waals surface area contributed by atoms with Gasteiger partial charge < -0.3 is 9.73 Å². The second kappa shape index (κ2) is 6.27. The summed E-state index contributed by atoms with van der Waals surface area (Å²) in [6.07, 6.45) is 0. The zero-order valence-corrected chi connectivity index (χ0v) is 13.8. The molecule has 0 fully saturated rings. The molecule has 1 heterocycles. The van der Waals surface area contributed by atoms with Crippen LogP contribution in [0, 0.1) is 0 Å². The molecule has 0 spiro atoms. The van der Waals surface area contributed by atoms with Gasteiger partial charge in [0.1, 0.15) is 5.76 Å². The first-order chi connectivity index (χ1) is 9.80.